The number of aryl methyl sites for hydroxylation is 1. The number of nitrogens with one attached hydrogen (secondary N) is 1. The number of methoxy groups -OCH3 is 2. The normalized spacial score (nSPS) is 34.6. The van der Waals surface area contributed by atoms with E-state index >= 15 is 0 Å². The van der Waals surface area contributed by atoms with Crippen molar-refractivity contribution in [3.05, 3.63) is 70.3 Å². The second kappa shape index (κ2) is 15.9. The number of fused-ring (bicyclic) bond motifs is 5. The Morgan fingerprint density at radius 3 is 2.75 bits per heavy atom. The largest absolute Gasteiger partial charge is 0.490 e. The SMILES string of the molecule is COC[C@@H]1[C@@H](C)C/C=C\[C@](CN2CCN3CCOC[C@@H]3C2)(OC)[C@@H]2CC[C@H]2CN2C[C@@]3(CCCc4cc(Cl)ccc43)COc3ccc(cc32)C(=O)NS1(=O)=O. The fourth-order valence-electron chi connectivity index (χ4n) is 10.5. The van der Waals surface area contributed by atoms with E-state index in [4.69, 9.17) is 30.5 Å². The van der Waals surface area contributed by atoms with Crippen LogP contribution in [0.4, 0.5) is 5.69 Å². The van der Waals surface area contributed by atoms with Gasteiger partial charge in [-0.2, -0.15) is 0 Å². The zero-order valence-electron chi connectivity index (χ0n) is 32.5. The van der Waals surface area contributed by atoms with Gasteiger partial charge in [-0.05, 0) is 97.7 Å². The van der Waals surface area contributed by atoms with Crippen LogP contribution < -0.4 is 14.4 Å². The Morgan fingerprint density at radius 2 is 1.95 bits per heavy atom. The molecular weight excluding hydrogens is 740 g/mol. The molecule has 4 aliphatic heterocycles. The van der Waals surface area contributed by atoms with Crippen LogP contribution in [0, 0.1) is 17.8 Å². The van der Waals surface area contributed by atoms with Crippen LogP contribution in [0.15, 0.2) is 48.6 Å². The Bertz CT molecular complexity index is 1880. The highest BCUT2D eigenvalue weighted by atomic mass is 35.5. The summed E-state index contributed by atoms with van der Waals surface area (Å²) < 4.78 is 55.1. The van der Waals surface area contributed by atoms with E-state index < -0.39 is 26.8 Å². The maximum atomic E-state index is 13.9. The molecule has 1 N–H and O–H groups in total. The topological polar surface area (TPSA) is 110 Å². The molecule has 0 radical (unpaired) electrons. The third kappa shape index (κ3) is 7.69. The first-order valence-corrected chi connectivity index (χ1v) is 22.1. The van der Waals surface area contributed by atoms with E-state index in [2.05, 4.69) is 43.7 Å². The molecule has 1 amide bonds. The molecule has 1 saturated carbocycles. The monoisotopic (exact) mass is 796 g/mol. The first kappa shape index (κ1) is 39.1. The number of ether oxygens (including phenoxy) is 4. The molecule has 3 fully saturated rings. The summed E-state index contributed by atoms with van der Waals surface area (Å²) in [6, 6.07) is 12.0. The van der Waals surface area contributed by atoms with Gasteiger partial charge in [-0.1, -0.05) is 36.7 Å². The van der Waals surface area contributed by atoms with Crippen molar-refractivity contribution < 1.29 is 32.2 Å². The Morgan fingerprint density at radius 1 is 1.07 bits per heavy atom. The van der Waals surface area contributed by atoms with Gasteiger partial charge >= 0.3 is 0 Å². The Kier molecular flexibility index (Phi) is 11.3. The standard InChI is InChI=1S/C42H57ClN4O7S/c1-29-6-4-15-42(52-3,27-45-16-17-46-18-19-53-24-34(46)23-45)36-11-8-32(36)22-47-26-41(14-5-7-30-20-33(43)10-12-35(30)41)28-54-38-13-9-31(21-37(38)47)40(48)44-55(49,50)39(29)25-51-2/h4,9-10,12-13,15,20-21,29,32,34,36,39H,5-8,11,14,16-19,22-28H2,1-3H3,(H,44,48)/b15-4-/t29-,32-,34-,36+,39+,41-,42+/m0/s1. The third-order valence-corrected chi connectivity index (χ3v) is 15.8. The summed E-state index contributed by atoms with van der Waals surface area (Å²) >= 11 is 6.52. The fraction of sp³-hybridized carbons (Fsp3) is 0.643. The van der Waals surface area contributed by atoms with E-state index in [9.17, 15) is 13.2 Å². The Hall–Kier alpha value is -2.71. The average Bonchev–Trinajstić information content (AvgIpc) is 3.31. The lowest BCUT2D eigenvalue weighted by Crippen LogP contribution is -2.62. The minimum absolute atomic E-state index is 0.0357. The zero-order valence-corrected chi connectivity index (χ0v) is 34.1. The number of hydrogen-bond donors (Lipinski definition) is 1. The molecule has 7 atom stereocenters. The van der Waals surface area contributed by atoms with Crippen molar-refractivity contribution in [1.82, 2.24) is 14.5 Å². The molecule has 55 heavy (non-hydrogen) atoms. The highest BCUT2D eigenvalue weighted by Gasteiger charge is 2.50. The molecule has 1 spiro atoms. The van der Waals surface area contributed by atoms with Gasteiger partial charge in [0.1, 0.15) is 16.6 Å². The van der Waals surface area contributed by atoms with Crippen LogP contribution in [0.3, 0.4) is 0 Å². The third-order valence-electron chi connectivity index (χ3n) is 13.7. The molecule has 300 valence electrons. The quantitative estimate of drug-likeness (QED) is 0.420. The lowest BCUT2D eigenvalue weighted by molar-refractivity contribution is -0.108. The summed E-state index contributed by atoms with van der Waals surface area (Å²) in [5, 5.41) is -0.197. The van der Waals surface area contributed by atoms with Gasteiger partial charge in [0.2, 0.25) is 10.0 Å². The molecule has 4 heterocycles. The van der Waals surface area contributed by atoms with Crippen molar-refractivity contribution in [1.29, 1.82) is 0 Å². The molecule has 2 bridgehead atoms. The lowest BCUT2D eigenvalue weighted by atomic mass is 9.63. The summed E-state index contributed by atoms with van der Waals surface area (Å²) in [4.78, 5) is 21.4. The van der Waals surface area contributed by atoms with E-state index in [1.165, 1.54) is 18.2 Å². The van der Waals surface area contributed by atoms with Crippen molar-refractivity contribution in [3.8, 4) is 5.75 Å². The van der Waals surface area contributed by atoms with Gasteiger partial charge < -0.3 is 23.8 Å². The van der Waals surface area contributed by atoms with E-state index in [1.807, 2.05) is 32.2 Å². The summed E-state index contributed by atoms with van der Waals surface area (Å²) in [6.07, 6.45) is 9.90. The summed E-state index contributed by atoms with van der Waals surface area (Å²) in [7, 11) is -0.769. The number of anilines is 1. The summed E-state index contributed by atoms with van der Waals surface area (Å²) in [6.45, 7) is 9.98. The second-order valence-corrected chi connectivity index (χ2v) is 19.3. The Labute approximate surface area is 331 Å². The van der Waals surface area contributed by atoms with Crippen LogP contribution in [-0.2, 0) is 36.1 Å². The van der Waals surface area contributed by atoms with Crippen molar-refractivity contribution in [2.75, 3.05) is 91.4 Å². The lowest BCUT2D eigenvalue weighted by Gasteiger charge is -2.53. The van der Waals surface area contributed by atoms with Gasteiger partial charge in [-0.25, -0.2) is 13.1 Å². The van der Waals surface area contributed by atoms with Gasteiger partial charge in [-0.15, -0.1) is 0 Å². The molecule has 0 unspecified atom stereocenters. The van der Waals surface area contributed by atoms with Crippen molar-refractivity contribution in [2.24, 2.45) is 17.8 Å². The summed E-state index contributed by atoms with van der Waals surface area (Å²) in [5.41, 5.74) is 2.76. The number of hydrogen-bond acceptors (Lipinski definition) is 10. The number of nitrogens with zero attached hydrogens (tertiary/aromatic N) is 3. The molecule has 2 aromatic rings. The highest BCUT2D eigenvalue weighted by molar-refractivity contribution is 7.90. The van der Waals surface area contributed by atoms with Crippen molar-refractivity contribution in [2.45, 2.75) is 67.8 Å². The van der Waals surface area contributed by atoms with Gasteiger partial charge in [0.05, 0.1) is 32.1 Å². The zero-order chi connectivity index (χ0) is 38.4. The molecule has 8 rings (SSSR count). The van der Waals surface area contributed by atoms with Crippen LogP contribution in [-0.4, -0.2) is 127 Å². The molecule has 2 aromatic carbocycles. The van der Waals surface area contributed by atoms with E-state index in [0.717, 1.165) is 95.3 Å². The first-order valence-electron chi connectivity index (χ1n) is 20.2. The van der Waals surface area contributed by atoms with E-state index in [-0.39, 0.29) is 29.4 Å². The van der Waals surface area contributed by atoms with Gasteiger partial charge in [0, 0.05) is 82.1 Å². The van der Waals surface area contributed by atoms with Crippen molar-refractivity contribution >= 4 is 33.2 Å². The smallest absolute Gasteiger partial charge is 0.264 e. The predicted molar refractivity (Wildman–Crippen MR) is 214 cm³/mol. The number of piperazine rings is 1. The number of carbonyl (C=O) groups is 1. The number of rotatable bonds is 5. The van der Waals surface area contributed by atoms with Crippen LogP contribution in [0.2, 0.25) is 5.02 Å². The number of morpholine rings is 1. The minimum Gasteiger partial charge on any atom is -0.490 e. The fourth-order valence-corrected chi connectivity index (χ4v) is 12.2. The second-order valence-electron chi connectivity index (χ2n) is 17.0. The molecular formula is C42H57ClN4O7S. The average molecular weight is 797 g/mol. The number of carbonyl (C=O) groups excluding carboxylic acids is 1. The highest BCUT2D eigenvalue weighted by Crippen LogP contribution is 2.49. The molecule has 11 nitrogen and oxygen atoms in total. The van der Waals surface area contributed by atoms with Gasteiger partial charge in [-0.3, -0.25) is 14.6 Å². The van der Waals surface area contributed by atoms with Crippen LogP contribution >= 0.6 is 11.6 Å². The molecule has 2 aliphatic carbocycles. The van der Waals surface area contributed by atoms with Crippen LogP contribution in [0.25, 0.3) is 0 Å². The van der Waals surface area contributed by atoms with Crippen LogP contribution in [0.1, 0.15) is 60.5 Å². The number of allylic oxidation sites excluding steroid dienone is 1. The molecule has 6 aliphatic rings. The maximum absolute atomic E-state index is 13.9. The van der Waals surface area contributed by atoms with Gasteiger partial charge in [0.25, 0.3) is 5.91 Å². The van der Waals surface area contributed by atoms with Crippen LogP contribution in [0.5, 0.6) is 5.75 Å². The summed E-state index contributed by atoms with van der Waals surface area (Å²) in [5.74, 6) is 0.252. The van der Waals surface area contributed by atoms with E-state index in [0.29, 0.717) is 37.3 Å². The molecule has 2 saturated heterocycles. The Balaban J connectivity index is 1.20. The molecule has 0 aromatic heterocycles. The van der Waals surface area contributed by atoms with Crippen molar-refractivity contribution in [3.63, 3.8) is 0 Å². The van der Waals surface area contributed by atoms with Gasteiger partial charge in [0.15, 0.2) is 0 Å². The molecule has 13 heteroatoms. The number of halogens is 1. The van der Waals surface area contributed by atoms with E-state index in [1.54, 1.807) is 6.07 Å². The predicted octanol–water partition coefficient (Wildman–Crippen LogP) is 4.91. The maximum Gasteiger partial charge on any atom is 0.264 e. The number of benzene rings is 2. The number of amides is 1. The number of sulfonamides is 1. The first-order chi connectivity index (χ1) is 26.5. The minimum atomic E-state index is -4.11.